The molecule has 0 spiro atoms. The highest BCUT2D eigenvalue weighted by Crippen LogP contribution is 2.42. The quantitative estimate of drug-likeness (QED) is 0.600. The fraction of sp³-hybridized carbons (Fsp3) is 0.750. The molecular formula is C12H18O2. The molecule has 0 saturated heterocycles. The number of esters is 1. The van der Waals surface area contributed by atoms with Crippen LogP contribution in [0.4, 0.5) is 0 Å². The van der Waals surface area contributed by atoms with Crippen molar-refractivity contribution in [2.75, 3.05) is 7.11 Å². The maximum absolute atomic E-state index is 11.4. The van der Waals surface area contributed by atoms with Gasteiger partial charge in [-0.05, 0) is 24.7 Å². The van der Waals surface area contributed by atoms with Crippen LogP contribution in [0.3, 0.4) is 0 Å². The van der Waals surface area contributed by atoms with E-state index in [1.165, 1.54) is 45.6 Å². The van der Waals surface area contributed by atoms with E-state index in [0.717, 1.165) is 5.57 Å². The van der Waals surface area contributed by atoms with Crippen LogP contribution < -0.4 is 0 Å². The molecule has 2 aliphatic rings. The van der Waals surface area contributed by atoms with Crippen molar-refractivity contribution in [1.29, 1.82) is 0 Å². The Morgan fingerprint density at radius 3 is 2.71 bits per heavy atom. The summed E-state index contributed by atoms with van der Waals surface area (Å²) >= 11 is 0. The van der Waals surface area contributed by atoms with Gasteiger partial charge in [0.15, 0.2) is 0 Å². The summed E-state index contributed by atoms with van der Waals surface area (Å²) in [5.74, 6) is 1.08. The molecule has 78 valence electrons. The Morgan fingerprint density at radius 2 is 2.00 bits per heavy atom. The van der Waals surface area contributed by atoms with Crippen LogP contribution >= 0.6 is 0 Å². The summed E-state index contributed by atoms with van der Waals surface area (Å²) in [6, 6.07) is 0. The molecule has 0 amide bonds. The predicted octanol–water partition coefficient (Wildman–Crippen LogP) is 2.69. The minimum atomic E-state index is -0.105. The lowest BCUT2D eigenvalue weighted by Gasteiger charge is -2.36. The van der Waals surface area contributed by atoms with E-state index in [-0.39, 0.29) is 5.97 Å². The lowest BCUT2D eigenvalue weighted by Crippen LogP contribution is -2.31. The summed E-state index contributed by atoms with van der Waals surface area (Å²) in [6.45, 7) is 0. The van der Waals surface area contributed by atoms with Gasteiger partial charge >= 0.3 is 5.97 Å². The Balaban J connectivity index is 2.01. The van der Waals surface area contributed by atoms with Crippen LogP contribution in [0.15, 0.2) is 11.6 Å². The molecule has 0 aliphatic heterocycles. The van der Waals surface area contributed by atoms with Crippen molar-refractivity contribution in [3.05, 3.63) is 11.6 Å². The molecule has 0 N–H and O–H groups in total. The molecule has 2 atom stereocenters. The van der Waals surface area contributed by atoms with Crippen molar-refractivity contribution in [2.24, 2.45) is 11.8 Å². The van der Waals surface area contributed by atoms with Crippen LogP contribution in [0, 0.1) is 11.8 Å². The summed E-state index contributed by atoms with van der Waals surface area (Å²) < 4.78 is 4.77. The van der Waals surface area contributed by atoms with E-state index < -0.39 is 0 Å². The summed E-state index contributed by atoms with van der Waals surface area (Å²) in [4.78, 5) is 11.4. The van der Waals surface area contributed by atoms with E-state index in [0.29, 0.717) is 11.8 Å². The molecule has 1 saturated carbocycles. The number of allylic oxidation sites excluding steroid dienone is 1. The zero-order valence-corrected chi connectivity index (χ0v) is 8.79. The topological polar surface area (TPSA) is 26.3 Å². The Hall–Kier alpha value is -0.790. The van der Waals surface area contributed by atoms with Gasteiger partial charge in [-0.3, -0.25) is 0 Å². The molecule has 0 aromatic heterocycles. The number of hydrogen-bond donors (Lipinski definition) is 0. The van der Waals surface area contributed by atoms with Crippen LogP contribution in [-0.2, 0) is 9.53 Å². The smallest absolute Gasteiger partial charge is 0.333 e. The monoisotopic (exact) mass is 194 g/mol. The molecule has 2 unspecified atom stereocenters. The largest absolute Gasteiger partial charge is 0.466 e. The maximum Gasteiger partial charge on any atom is 0.333 e. The SMILES string of the molecule is COC(=O)C1=CC2CCCCCCC12. The van der Waals surface area contributed by atoms with E-state index in [2.05, 4.69) is 6.08 Å². The third kappa shape index (κ3) is 1.70. The van der Waals surface area contributed by atoms with Crippen molar-refractivity contribution in [3.63, 3.8) is 0 Å². The number of hydrogen-bond acceptors (Lipinski definition) is 2. The van der Waals surface area contributed by atoms with Crippen molar-refractivity contribution in [2.45, 2.75) is 38.5 Å². The van der Waals surface area contributed by atoms with E-state index >= 15 is 0 Å². The second-order valence-corrected chi connectivity index (χ2v) is 4.38. The summed E-state index contributed by atoms with van der Waals surface area (Å²) in [5, 5.41) is 0. The first-order chi connectivity index (χ1) is 6.83. The van der Waals surface area contributed by atoms with E-state index in [1.807, 2.05) is 0 Å². The molecule has 14 heavy (non-hydrogen) atoms. The molecule has 0 radical (unpaired) electrons. The number of carbonyl (C=O) groups excluding carboxylic acids is 1. The molecule has 2 rings (SSSR count). The number of carbonyl (C=O) groups is 1. The molecule has 0 aromatic rings. The molecule has 0 aromatic carbocycles. The van der Waals surface area contributed by atoms with Crippen molar-refractivity contribution >= 4 is 5.97 Å². The third-order valence-corrected chi connectivity index (χ3v) is 3.53. The third-order valence-electron chi connectivity index (χ3n) is 3.53. The molecule has 2 aliphatic carbocycles. The van der Waals surface area contributed by atoms with Gasteiger partial charge in [0, 0.05) is 5.57 Å². The number of methoxy groups -OCH3 is 1. The Bertz CT molecular complexity index is 255. The average Bonchev–Trinajstić information content (AvgIpc) is 2.16. The summed E-state index contributed by atoms with van der Waals surface area (Å²) in [6.07, 6.45) is 9.88. The number of rotatable bonds is 1. The fourth-order valence-electron chi connectivity index (χ4n) is 2.67. The normalized spacial score (nSPS) is 31.6. The van der Waals surface area contributed by atoms with Crippen molar-refractivity contribution < 1.29 is 9.53 Å². The number of ether oxygens (including phenoxy) is 1. The van der Waals surface area contributed by atoms with Crippen LogP contribution in [-0.4, -0.2) is 13.1 Å². The number of fused-ring (bicyclic) bond motifs is 1. The second-order valence-electron chi connectivity index (χ2n) is 4.38. The van der Waals surface area contributed by atoms with Crippen LogP contribution in [0.1, 0.15) is 38.5 Å². The van der Waals surface area contributed by atoms with Crippen LogP contribution in [0.2, 0.25) is 0 Å². The minimum Gasteiger partial charge on any atom is -0.466 e. The van der Waals surface area contributed by atoms with Gasteiger partial charge in [0.25, 0.3) is 0 Å². The summed E-state index contributed by atoms with van der Waals surface area (Å²) in [5.41, 5.74) is 0.944. The van der Waals surface area contributed by atoms with Crippen molar-refractivity contribution in [1.82, 2.24) is 0 Å². The van der Waals surface area contributed by atoms with Gasteiger partial charge in [0.05, 0.1) is 7.11 Å². The molecule has 2 nitrogen and oxygen atoms in total. The van der Waals surface area contributed by atoms with Crippen LogP contribution in [0.5, 0.6) is 0 Å². The van der Waals surface area contributed by atoms with E-state index in [4.69, 9.17) is 4.74 Å². The molecule has 0 bridgehead atoms. The Morgan fingerprint density at radius 1 is 1.29 bits per heavy atom. The van der Waals surface area contributed by atoms with Gasteiger partial charge in [0.2, 0.25) is 0 Å². The second kappa shape index (κ2) is 4.16. The average molecular weight is 194 g/mol. The highest BCUT2D eigenvalue weighted by atomic mass is 16.5. The zero-order valence-electron chi connectivity index (χ0n) is 8.79. The van der Waals surface area contributed by atoms with Gasteiger partial charge in [-0.1, -0.05) is 31.8 Å². The van der Waals surface area contributed by atoms with E-state index in [9.17, 15) is 4.79 Å². The zero-order chi connectivity index (χ0) is 9.97. The Labute approximate surface area is 85.3 Å². The molecule has 0 heterocycles. The van der Waals surface area contributed by atoms with Gasteiger partial charge in [-0.2, -0.15) is 0 Å². The van der Waals surface area contributed by atoms with Crippen LogP contribution in [0.25, 0.3) is 0 Å². The lowest BCUT2D eigenvalue weighted by atomic mass is 9.68. The first-order valence-electron chi connectivity index (χ1n) is 5.63. The Kier molecular flexibility index (Phi) is 2.90. The maximum atomic E-state index is 11.4. The first-order valence-corrected chi connectivity index (χ1v) is 5.63. The standard InChI is InChI=1S/C12H18O2/c1-14-12(13)11-8-9-6-4-2-3-5-7-10(9)11/h8-10H,2-7H2,1H3. The van der Waals surface area contributed by atoms with Crippen molar-refractivity contribution in [3.8, 4) is 0 Å². The highest BCUT2D eigenvalue weighted by molar-refractivity contribution is 5.90. The molecular weight excluding hydrogens is 176 g/mol. The molecule has 1 fully saturated rings. The van der Waals surface area contributed by atoms with Gasteiger partial charge < -0.3 is 4.74 Å². The summed E-state index contributed by atoms with van der Waals surface area (Å²) in [7, 11) is 1.47. The highest BCUT2D eigenvalue weighted by Gasteiger charge is 2.36. The minimum absolute atomic E-state index is 0.105. The van der Waals surface area contributed by atoms with E-state index in [1.54, 1.807) is 0 Å². The fourth-order valence-corrected chi connectivity index (χ4v) is 2.67. The first kappa shape index (κ1) is 9.75. The predicted molar refractivity (Wildman–Crippen MR) is 54.8 cm³/mol. The lowest BCUT2D eigenvalue weighted by molar-refractivity contribution is -0.137. The van der Waals surface area contributed by atoms with Gasteiger partial charge in [0.1, 0.15) is 0 Å². The van der Waals surface area contributed by atoms with Gasteiger partial charge in [-0.15, -0.1) is 0 Å². The molecule has 2 heteroatoms. The van der Waals surface area contributed by atoms with Gasteiger partial charge in [-0.25, -0.2) is 4.79 Å².